The van der Waals surface area contributed by atoms with Crippen LogP contribution in [-0.2, 0) is 22.6 Å². The highest BCUT2D eigenvalue weighted by atomic mass is 127. The lowest BCUT2D eigenvalue weighted by molar-refractivity contribution is -0.143. The Labute approximate surface area is 288 Å². The topological polar surface area (TPSA) is 106 Å². The summed E-state index contributed by atoms with van der Waals surface area (Å²) in [4.78, 5) is 29.2. The zero-order valence-corrected chi connectivity index (χ0v) is 29.6. The minimum absolute atomic E-state index is 0.138. The number of hydrogen-bond donors (Lipinski definition) is 2. The van der Waals surface area contributed by atoms with Crippen LogP contribution in [0.15, 0.2) is 65.7 Å². The molecule has 0 aromatic heterocycles. The van der Waals surface area contributed by atoms with E-state index in [0.29, 0.717) is 28.0 Å². The summed E-state index contributed by atoms with van der Waals surface area (Å²) in [5, 5.41) is 12.8. The summed E-state index contributed by atoms with van der Waals surface area (Å²) < 4.78 is 17.4. The first-order chi connectivity index (χ1) is 19.6. The van der Waals surface area contributed by atoms with Crippen LogP contribution in [0.25, 0.3) is 0 Å². The van der Waals surface area contributed by atoms with Gasteiger partial charge in [-0.25, -0.2) is 4.79 Å². The lowest BCUT2D eigenvalue weighted by Crippen LogP contribution is -2.44. The van der Waals surface area contributed by atoms with Crippen molar-refractivity contribution in [2.24, 2.45) is 4.99 Å². The van der Waals surface area contributed by atoms with Gasteiger partial charge in [0.2, 0.25) is 0 Å². The van der Waals surface area contributed by atoms with Gasteiger partial charge < -0.3 is 24.6 Å². The summed E-state index contributed by atoms with van der Waals surface area (Å²) in [6.07, 6.45) is 0.657. The fourth-order valence-electron chi connectivity index (χ4n) is 3.68. The van der Waals surface area contributed by atoms with Gasteiger partial charge in [0, 0.05) is 27.6 Å². The number of ether oxygens (including phenoxy) is 3. The SMILES string of the molecule is COC(=O)C(CO)NC(=O)c1ccc(OCc2ccc(Cl)cc2Cl)c(OCC2=Nc3ccccc3C2)c1.IC(I)I. The normalized spacial score (nSPS) is 12.4. The summed E-state index contributed by atoms with van der Waals surface area (Å²) in [6.45, 7) is -0.288. The third-order valence-electron chi connectivity index (χ3n) is 5.64. The van der Waals surface area contributed by atoms with Gasteiger partial charge in [0.05, 0.1) is 25.1 Å². The second kappa shape index (κ2) is 17.0. The predicted octanol–water partition coefficient (Wildman–Crippen LogP) is 7.12. The van der Waals surface area contributed by atoms with Gasteiger partial charge in [-0.1, -0.05) is 115 Å². The smallest absolute Gasteiger partial charge is 0.330 e. The van der Waals surface area contributed by atoms with Crippen LogP contribution in [-0.4, -0.2) is 49.0 Å². The van der Waals surface area contributed by atoms with E-state index in [1.54, 1.807) is 24.3 Å². The van der Waals surface area contributed by atoms with E-state index in [1.807, 2.05) is 24.3 Å². The molecule has 1 unspecified atom stereocenters. The molecule has 1 heterocycles. The molecule has 0 fully saturated rings. The van der Waals surface area contributed by atoms with Crippen molar-refractivity contribution >= 4 is 114 Å². The van der Waals surface area contributed by atoms with Crippen molar-refractivity contribution in [3.8, 4) is 11.5 Å². The van der Waals surface area contributed by atoms with E-state index in [-0.39, 0.29) is 18.8 Å². The summed E-state index contributed by atoms with van der Waals surface area (Å²) in [5.41, 5.74) is 3.76. The van der Waals surface area contributed by atoms with Crippen LogP contribution in [0.2, 0.25) is 10.0 Å². The molecule has 1 atom stereocenters. The van der Waals surface area contributed by atoms with Crippen molar-refractivity contribution in [3.63, 3.8) is 0 Å². The second-order valence-corrected chi connectivity index (χ2v) is 20.2. The van der Waals surface area contributed by atoms with Crippen LogP contribution in [0.5, 0.6) is 11.5 Å². The number of nitrogens with zero attached hydrogens (tertiary/aromatic N) is 1. The molecular weight excluding hydrogens is 912 g/mol. The Kier molecular flexibility index (Phi) is 14.2. The lowest BCUT2D eigenvalue weighted by atomic mass is 10.1. The van der Waals surface area contributed by atoms with E-state index < -0.39 is 24.5 Å². The highest BCUT2D eigenvalue weighted by Gasteiger charge is 2.22. The Morgan fingerprint density at radius 2 is 1.71 bits per heavy atom. The maximum atomic E-state index is 12.8. The molecule has 0 aliphatic carbocycles. The molecule has 1 aliphatic rings. The number of nitrogens with one attached hydrogen (secondary N) is 1. The first-order valence-electron chi connectivity index (χ1n) is 12.0. The Morgan fingerprint density at radius 3 is 2.37 bits per heavy atom. The largest absolute Gasteiger partial charge is 0.485 e. The highest BCUT2D eigenvalue weighted by molar-refractivity contribution is 14.3. The van der Waals surface area contributed by atoms with Crippen molar-refractivity contribution in [3.05, 3.63) is 87.4 Å². The number of rotatable bonds is 10. The third-order valence-corrected chi connectivity index (χ3v) is 6.22. The maximum absolute atomic E-state index is 12.8. The van der Waals surface area contributed by atoms with Crippen LogP contribution in [0, 0.1) is 0 Å². The minimum Gasteiger partial charge on any atom is -0.485 e. The minimum atomic E-state index is -1.20. The Morgan fingerprint density at radius 1 is 1.00 bits per heavy atom. The molecule has 0 saturated carbocycles. The van der Waals surface area contributed by atoms with Crippen molar-refractivity contribution in [2.75, 3.05) is 20.3 Å². The molecule has 218 valence electrons. The molecule has 8 nitrogen and oxygen atoms in total. The van der Waals surface area contributed by atoms with E-state index in [1.165, 1.54) is 19.2 Å². The van der Waals surface area contributed by atoms with Crippen LogP contribution in [0.4, 0.5) is 5.69 Å². The summed E-state index contributed by atoms with van der Waals surface area (Å²) >= 11 is 19.2. The molecule has 0 bridgehead atoms. The van der Waals surface area contributed by atoms with Crippen molar-refractivity contribution < 1.29 is 28.9 Å². The number of benzene rings is 3. The van der Waals surface area contributed by atoms with Crippen LogP contribution in [0.1, 0.15) is 21.5 Å². The number of carbonyl (C=O) groups excluding carboxylic acids is 2. The van der Waals surface area contributed by atoms with Gasteiger partial charge in [0.15, 0.2) is 17.5 Å². The summed E-state index contributed by atoms with van der Waals surface area (Å²) in [5.74, 6) is -0.668. The first kappa shape index (κ1) is 34.1. The molecular formula is C28H25Cl2I3N2O6. The van der Waals surface area contributed by atoms with E-state index in [0.717, 1.165) is 22.5 Å². The molecule has 0 saturated heterocycles. The van der Waals surface area contributed by atoms with Gasteiger partial charge >= 0.3 is 5.97 Å². The van der Waals surface area contributed by atoms with Crippen LogP contribution in [0.3, 0.4) is 0 Å². The standard InChI is InChI=1S/C27H24Cl2N2O6.CHI3/c1-35-27(34)23(13-32)31-26(33)17-7-9-24(36-14-18-6-8-19(28)12-21(18)29)25(11-17)37-15-20-10-16-4-2-3-5-22(16)30-20;2-1(3)4/h2-9,11-12,23,32H,10,13-15H2,1H3,(H,31,33);1H. The maximum Gasteiger partial charge on any atom is 0.330 e. The Hall–Kier alpha value is -1.40. The third kappa shape index (κ3) is 10.7. The van der Waals surface area contributed by atoms with E-state index in [4.69, 9.17) is 32.7 Å². The van der Waals surface area contributed by atoms with Crippen LogP contribution < -0.4 is 14.8 Å². The highest BCUT2D eigenvalue weighted by Crippen LogP contribution is 2.32. The summed E-state index contributed by atoms with van der Waals surface area (Å²) in [7, 11) is 1.17. The summed E-state index contributed by atoms with van der Waals surface area (Å²) in [6, 6.07) is 16.4. The van der Waals surface area contributed by atoms with Crippen LogP contribution >= 0.6 is 91.0 Å². The number of methoxy groups -OCH3 is 1. The molecule has 13 heteroatoms. The number of carbonyl (C=O) groups is 2. The number of halogens is 5. The molecule has 4 rings (SSSR count). The number of aliphatic imine (C=N–C) groups is 1. The molecule has 1 aliphatic heterocycles. The van der Waals surface area contributed by atoms with Gasteiger partial charge in [-0.15, -0.1) is 0 Å². The molecule has 3 aromatic rings. The average Bonchev–Trinajstić information content (AvgIpc) is 3.37. The van der Waals surface area contributed by atoms with E-state index in [9.17, 15) is 14.7 Å². The number of aliphatic hydroxyl groups excluding tert-OH is 1. The van der Waals surface area contributed by atoms with Crippen molar-refractivity contribution in [1.29, 1.82) is 0 Å². The van der Waals surface area contributed by atoms with Crippen molar-refractivity contribution in [2.45, 2.75) is 19.0 Å². The average molecular weight is 937 g/mol. The molecule has 1 amide bonds. The van der Waals surface area contributed by atoms with E-state index in [2.05, 4.69) is 82.8 Å². The molecule has 41 heavy (non-hydrogen) atoms. The van der Waals surface area contributed by atoms with Crippen molar-refractivity contribution in [1.82, 2.24) is 5.32 Å². The molecule has 0 spiro atoms. The van der Waals surface area contributed by atoms with Gasteiger partial charge in [0.1, 0.15) is 13.2 Å². The van der Waals surface area contributed by atoms with E-state index >= 15 is 0 Å². The zero-order chi connectivity index (χ0) is 29.9. The monoisotopic (exact) mass is 936 g/mol. The number of para-hydroxylation sites is 1. The predicted molar refractivity (Wildman–Crippen MR) is 186 cm³/mol. The Balaban J connectivity index is 0.00000108. The van der Waals surface area contributed by atoms with Gasteiger partial charge in [-0.05, 0) is 42.0 Å². The molecule has 2 N–H and O–H groups in total. The lowest BCUT2D eigenvalue weighted by Gasteiger charge is -2.17. The second-order valence-electron chi connectivity index (χ2n) is 8.44. The van der Waals surface area contributed by atoms with Gasteiger partial charge in [-0.3, -0.25) is 9.79 Å². The zero-order valence-electron chi connectivity index (χ0n) is 21.6. The number of aliphatic hydroxyl groups is 1. The number of amides is 1. The Bertz CT molecular complexity index is 1400. The number of hydrogen-bond acceptors (Lipinski definition) is 7. The fourth-order valence-corrected chi connectivity index (χ4v) is 4.15. The fraction of sp³-hybridized carbons (Fsp3) is 0.250. The van der Waals surface area contributed by atoms with Gasteiger partial charge in [-0.2, -0.15) is 0 Å². The first-order valence-corrected chi connectivity index (χ1v) is 16.5. The number of esters is 1. The number of alkyl halides is 3. The number of fused-ring (bicyclic) bond motifs is 1. The molecule has 0 radical (unpaired) electrons. The van der Waals surface area contributed by atoms with Gasteiger partial charge in [0.25, 0.3) is 5.91 Å². The quantitative estimate of drug-likeness (QED) is 0.128. The molecule has 3 aromatic carbocycles.